The number of fused-ring (bicyclic) bond motifs is 1. The first kappa shape index (κ1) is 13.1. The first-order chi connectivity index (χ1) is 9.31. The molecule has 3 rings (SSSR count). The largest absolute Gasteiger partial charge is 0.355 e. The van der Waals surface area contributed by atoms with Crippen molar-refractivity contribution in [2.75, 3.05) is 39.3 Å². The summed E-state index contributed by atoms with van der Waals surface area (Å²) < 4.78 is 0. The number of likely N-dealkylation sites (tertiary alicyclic amines) is 1. The molecular formula is C14H21N3OS. The van der Waals surface area contributed by atoms with Crippen LogP contribution < -0.4 is 10.6 Å². The maximum absolute atomic E-state index is 11.9. The average Bonchev–Trinajstić information content (AvgIpc) is 3.04. The molecule has 0 saturated carbocycles. The Bertz CT molecular complexity index is 408. The predicted molar refractivity (Wildman–Crippen MR) is 77.3 cm³/mol. The van der Waals surface area contributed by atoms with Gasteiger partial charge in [0.05, 0.1) is 6.54 Å². The molecule has 0 aromatic carbocycles. The van der Waals surface area contributed by atoms with E-state index in [0.717, 1.165) is 51.0 Å². The Morgan fingerprint density at radius 1 is 1.42 bits per heavy atom. The number of nitrogens with zero attached hydrogens (tertiary/aromatic N) is 1. The average molecular weight is 279 g/mol. The molecule has 104 valence electrons. The van der Waals surface area contributed by atoms with Crippen LogP contribution in [-0.2, 0) is 11.2 Å². The van der Waals surface area contributed by atoms with E-state index in [-0.39, 0.29) is 5.91 Å². The van der Waals surface area contributed by atoms with Crippen LogP contribution in [0, 0.1) is 11.8 Å². The van der Waals surface area contributed by atoms with Crippen LogP contribution in [0.5, 0.6) is 0 Å². The standard InChI is InChI=1S/C14H21N3OS/c18-14(16-4-3-13-2-1-5-19-13)10-17-8-11-6-15-7-12(11)9-17/h1-2,5,11-12,15H,3-4,6-10H2,(H,16,18)/t11-,12+. The van der Waals surface area contributed by atoms with E-state index < -0.39 is 0 Å². The van der Waals surface area contributed by atoms with Crippen molar-refractivity contribution in [1.82, 2.24) is 15.5 Å². The summed E-state index contributed by atoms with van der Waals surface area (Å²) in [7, 11) is 0. The number of nitrogens with one attached hydrogen (secondary N) is 2. The van der Waals surface area contributed by atoms with Gasteiger partial charge >= 0.3 is 0 Å². The lowest BCUT2D eigenvalue weighted by molar-refractivity contribution is -0.122. The lowest BCUT2D eigenvalue weighted by atomic mass is 10.0. The van der Waals surface area contributed by atoms with Crippen LogP contribution >= 0.6 is 11.3 Å². The fourth-order valence-corrected chi connectivity index (χ4v) is 3.83. The zero-order valence-corrected chi connectivity index (χ0v) is 11.9. The molecule has 0 spiro atoms. The Kier molecular flexibility index (Phi) is 4.15. The molecule has 1 aromatic heterocycles. The molecule has 19 heavy (non-hydrogen) atoms. The van der Waals surface area contributed by atoms with E-state index in [9.17, 15) is 4.79 Å². The summed E-state index contributed by atoms with van der Waals surface area (Å²) in [5, 5.41) is 8.52. The highest BCUT2D eigenvalue weighted by Crippen LogP contribution is 2.25. The van der Waals surface area contributed by atoms with Gasteiger partial charge in [0.2, 0.25) is 5.91 Å². The fraction of sp³-hybridized carbons (Fsp3) is 0.643. The molecule has 2 atom stereocenters. The molecule has 4 nitrogen and oxygen atoms in total. The Labute approximate surface area is 118 Å². The highest BCUT2D eigenvalue weighted by molar-refractivity contribution is 7.09. The summed E-state index contributed by atoms with van der Waals surface area (Å²) >= 11 is 1.75. The third-order valence-electron chi connectivity index (χ3n) is 4.11. The van der Waals surface area contributed by atoms with Gasteiger partial charge in [-0.25, -0.2) is 0 Å². The van der Waals surface area contributed by atoms with Crippen LogP contribution in [0.1, 0.15) is 4.88 Å². The van der Waals surface area contributed by atoms with Crippen molar-refractivity contribution >= 4 is 17.2 Å². The van der Waals surface area contributed by atoms with Crippen molar-refractivity contribution in [1.29, 1.82) is 0 Å². The smallest absolute Gasteiger partial charge is 0.234 e. The van der Waals surface area contributed by atoms with Crippen LogP contribution in [0.25, 0.3) is 0 Å². The zero-order chi connectivity index (χ0) is 13.1. The van der Waals surface area contributed by atoms with Crippen LogP contribution in [0.15, 0.2) is 17.5 Å². The van der Waals surface area contributed by atoms with Crippen molar-refractivity contribution in [2.45, 2.75) is 6.42 Å². The summed E-state index contributed by atoms with van der Waals surface area (Å²) in [4.78, 5) is 15.5. The third-order valence-corrected chi connectivity index (χ3v) is 5.04. The van der Waals surface area contributed by atoms with E-state index >= 15 is 0 Å². The molecule has 2 fully saturated rings. The van der Waals surface area contributed by atoms with E-state index in [2.05, 4.69) is 33.0 Å². The number of rotatable bonds is 5. The number of amides is 1. The zero-order valence-electron chi connectivity index (χ0n) is 11.1. The first-order valence-electron chi connectivity index (χ1n) is 7.03. The summed E-state index contributed by atoms with van der Waals surface area (Å²) in [5.74, 6) is 1.70. The van der Waals surface area contributed by atoms with Crippen molar-refractivity contribution in [3.8, 4) is 0 Å². The second-order valence-electron chi connectivity index (χ2n) is 5.55. The van der Waals surface area contributed by atoms with Crippen molar-refractivity contribution in [2.24, 2.45) is 11.8 Å². The lowest BCUT2D eigenvalue weighted by Crippen LogP contribution is -2.38. The molecule has 0 radical (unpaired) electrons. The van der Waals surface area contributed by atoms with E-state index in [1.165, 1.54) is 4.88 Å². The highest BCUT2D eigenvalue weighted by Gasteiger charge is 2.36. The number of hydrogen-bond donors (Lipinski definition) is 2. The van der Waals surface area contributed by atoms with Gasteiger partial charge in [-0.1, -0.05) is 6.07 Å². The van der Waals surface area contributed by atoms with Crippen molar-refractivity contribution < 1.29 is 4.79 Å². The quantitative estimate of drug-likeness (QED) is 0.828. The van der Waals surface area contributed by atoms with Gasteiger partial charge < -0.3 is 10.6 Å². The van der Waals surface area contributed by atoms with Gasteiger partial charge in [-0.2, -0.15) is 0 Å². The summed E-state index contributed by atoms with van der Waals surface area (Å²) in [5.41, 5.74) is 0. The molecule has 0 aliphatic carbocycles. The van der Waals surface area contributed by atoms with Gasteiger partial charge in [-0.15, -0.1) is 11.3 Å². The third kappa shape index (κ3) is 3.35. The molecular weight excluding hydrogens is 258 g/mol. The number of carbonyl (C=O) groups is 1. The SMILES string of the molecule is O=C(CN1C[C@H]2CNC[C@H]2C1)NCCc1cccs1. The molecule has 1 amide bonds. The van der Waals surface area contributed by atoms with Gasteiger partial charge in [0, 0.05) is 24.5 Å². The molecule has 0 bridgehead atoms. The van der Waals surface area contributed by atoms with Crippen LogP contribution in [-0.4, -0.2) is 50.1 Å². The molecule has 2 aliphatic rings. The van der Waals surface area contributed by atoms with E-state index in [4.69, 9.17) is 0 Å². The Balaban J connectivity index is 1.35. The van der Waals surface area contributed by atoms with Crippen molar-refractivity contribution in [3.63, 3.8) is 0 Å². The molecule has 5 heteroatoms. The lowest BCUT2D eigenvalue weighted by Gasteiger charge is -2.16. The van der Waals surface area contributed by atoms with Gasteiger partial charge in [0.15, 0.2) is 0 Å². The second kappa shape index (κ2) is 6.03. The summed E-state index contributed by atoms with van der Waals surface area (Å²) in [6, 6.07) is 4.17. The molecule has 3 heterocycles. The number of carbonyl (C=O) groups excluding carboxylic acids is 1. The molecule has 0 unspecified atom stereocenters. The molecule has 1 aromatic rings. The van der Waals surface area contributed by atoms with E-state index in [1.807, 2.05) is 0 Å². The minimum Gasteiger partial charge on any atom is -0.355 e. The fourth-order valence-electron chi connectivity index (χ4n) is 3.12. The molecule has 2 aliphatic heterocycles. The summed E-state index contributed by atoms with van der Waals surface area (Å²) in [6.07, 6.45) is 0.943. The minimum absolute atomic E-state index is 0.171. The maximum atomic E-state index is 11.9. The van der Waals surface area contributed by atoms with Crippen molar-refractivity contribution in [3.05, 3.63) is 22.4 Å². The minimum atomic E-state index is 0.171. The Hall–Kier alpha value is -0.910. The van der Waals surface area contributed by atoms with Gasteiger partial charge in [-0.05, 0) is 42.8 Å². The van der Waals surface area contributed by atoms with E-state index in [1.54, 1.807) is 11.3 Å². The maximum Gasteiger partial charge on any atom is 0.234 e. The van der Waals surface area contributed by atoms with Gasteiger partial charge in [0.1, 0.15) is 0 Å². The monoisotopic (exact) mass is 279 g/mol. The molecule has 2 N–H and O–H groups in total. The summed E-state index contributed by atoms with van der Waals surface area (Å²) in [6.45, 7) is 5.73. The topological polar surface area (TPSA) is 44.4 Å². The first-order valence-corrected chi connectivity index (χ1v) is 7.91. The van der Waals surface area contributed by atoms with Crippen LogP contribution in [0.4, 0.5) is 0 Å². The van der Waals surface area contributed by atoms with Gasteiger partial charge in [0.25, 0.3) is 0 Å². The normalized spacial score (nSPS) is 26.5. The predicted octanol–water partition coefficient (Wildman–Crippen LogP) is 0.558. The number of hydrogen-bond acceptors (Lipinski definition) is 4. The molecule has 2 saturated heterocycles. The van der Waals surface area contributed by atoms with Gasteiger partial charge in [-0.3, -0.25) is 9.69 Å². The number of thiophene rings is 1. The van der Waals surface area contributed by atoms with E-state index in [0.29, 0.717) is 6.54 Å². The Morgan fingerprint density at radius 3 is 2.89 bits per heavy atom. The second-order valence-corrected chi connectivity index (χ2v) is 6.58. The van der Waals surface area contributed by atoms with Crippen LogP contribution in [0.3, 0.4) is 0 Å². The van der Waals surface area contributed by atoms with Crippen LogP contribution in [0.2, 0.25) is 0 Å². The highest BCUT2D eigenvalue weighted by atomic mass is 32.1. The Morgan fingerprint density at radius 2 is 2.21 bits per heavy atom.